The average molecular weight is 380 g/mol. The highest BCUT2D eigenvalue weighted by molar-refractivity contribution is 5.76. The van der Waals surface area contributed by atoms with Gasteiger partial charge in [0.2, 0.25) is 5.91 Å². The molecule has 4 rings (SSSR count). The summed E-state index contributed by atoms with van der Waals surface area (Å²) in [6.45, 7) is 4.72. The summed E-state index contributed by atoms with van der Waals surface area (Å²) in [6.07, 6.45) is 6.33. The molecule has 0 radical (unpaired) electrons. The van der Waals surface area contributed by atoms with E-state index >= 15 is 0 Å². The highest BCUT2D eigenvalue weighted by Crippen LogP contribution is 2.42. The first-order valence-corrected chi connectivity index (χ1v) is 10.4. The average Bonchev–Trinajstić information content (AvgIpc) is 2.73. The molecule has 2 saturated heterocycles. The number of hydrogen-bond acceptors (Lipinski definition) is 4. The number of amides is 1. The number of aliphatic hydroxyl groups is 1. The van der Waals surface area contributed by atoms with Crippen LogP contribution >= 0.6 is 0 Å². The van der Waals surface area contributed by atoms with Gasteiger partial charge in [0.05, 0.1) is 6.61 Å². The highest BCUT2D eigenvalue weighted by Gasteiger charge is 2.49. The molecule has 2 aliphatic heterocycles. The van der Waals surface area contributed by atoms with Crippen LogP contribution in [0.15, 0.2) is 48.8 Å². The van der Waals surface area contributed by atoms with Gasteiger partial charge in [-0.15, -0.1) is 0 Å². The van der Waals surface area contributed by atoms with E-state index in [4.69, 9.17) is 0 Å². The molecule has 0 bridgehead atoms. The van der Waals surface area contributed by atoms with E-state index in [9.17, 15) is 9.90 Å². The fraction of sp³-hybridized carbons (Fsp3) is 0.478. The van der Waals surface area contributed by atoms with Gasteiger partial charge in [0.1, 0.15) is 0 Å². The second kappa shape index (κ2) is 8.41. The molecule has 0 unspecified atom stereocenters. The van der Waals surface area contributed by atoms with E-state index in [1.165, 1.54) is 5.56 Å². The SMILES string of the molecule is CCC(=O)N1CCCCN2[C@@H](CO)[C@H](c3ccc(-c4cccnc4)cc3)[C@@H]2C1. The quantitative estimate of drug-likeness (QED) is 0.887. The number of benzene rings is 1. The first-order chi connectivity index (χ1) is 13.7. The number of fused-ring (bicyclic) bond motifs is 1. The summed E-state index contributed by atoms with van der Waals surface area (Å²) >= 11 is 0. The predicted molar refractivity (Wildman–Crippen MR) is 110 cm³/mol. The Labute approximate surface area is 167 Å². The molecule has 1 aromatic heterocycles. The first kappa shape index (κ1) is 19.1. The maximum atomic E-state index is 12.4. The van der Waals surface area contributed by atoms with Crippen LogP contribution in [0.1, 0.15) is 37.7 Å². The number of hydrogen-bond donors (Lipinski definition) is 1. The van der Waals surface area contributed by atoms with Crippen molar-refractivity contribution in [3.8, 4) is 11.1 Å². The van der Waals surface area contributed by atoms with Crippen molar-refractivity contribution in [2.75, 3.05) is 26.2 Å². The fourth-order valence-corrected chi connectivity index (χ4v) is 4.82. The molecule has 1 amide bonds. The van der Waals surface area contributed by atoms with Gasteiger partial charge in [-0.05, 0) is 42.1 Å². The standard InChI is InChI=1S/C23H29N3O2/c1-2-22(28)25-12-3-4-13-26-20(15-25)23(21(26)16-27)18-9-7-17(8-10-18)19-6-5-11-24-14-19/h5-11,14,20-21,23,27H,2-4,12-13,15-16H2,1H3/t20-,21-,23+/m0/s1. The van der Waals surface area contributed by atoms with Crippen LogP contribution in [0.25, 0.3) is 11.1 Å². The number of nitrogens with zero attached hydrogens (tertiary/aromatic N) is 3. The van der Waals surface area contributed by atoms with Crippen LogP contribution in [0.4, 0.5) is 0 Å². The van der Waals surface area contributed by atoms with Gasteiger partial charge in [-0.1, -0.05) is 37.3 Å². The van der Waals surface area contributed by atoms with Crippen LogP contribution in [0.5, 0.6) is 0 Å². The molecule has 1 N–H and O–H groups in total. The third-order valence-corrected chi connectivity index (χ3v) is 6.32. The molecule has 2 aliphatic rings. The summed E-state index contributed by atoms with van der Waals surface area (Å²) in [6, 6.07) is 13.1. The van der Waals surface area contributed by atoms with Crippen LogP contribution in [-0.4, -0.2) is 64.1 Å². The van der Waals surface area contributed by atoms with E-state index in [0.717, 1.165) is 43.6 Å². The number of aliphatic hydroxyl groups excluding tert-OH is 1. The third kappa shape index (κ3) is 3.56. The monoisotopic (exact) mass is 379 g/mol. The lowest BCUT2D eigenvalue weighted by molar-refractivity contribution is -0.136. The lowest BCUT2D eigenvalue weighted by Crippen LogP contribution is -2.67. The number of carbonyl (C=O) groups excluding carboxylic acids is 1. The molecule has 3 heterocycles. The van der Waals surface area contributed by atoms with Gasteiger partial charge in [0, 0.05) is 49.9 Å². The minimum atomic E-state index is 0.144. The molecule has 3 atom stereocenters. The number of carbonyl (C=O) groups is 1. The zero-order valence-electron chi connectivity index (χ0n) is 16.5. The Bertz CT molecular complexity index is 793. The summed E-state index contributed by atoms with van der Waals surface area (Å²) in [5.74, 6) is 0.498. The molecule has 148 valence electrons. The minimum Gasteiger partial charge on any atom is -0.395 e. The van der Waals surface area contributed by atoms with E-state index in [0.29, 0.717) is 6.42 Å². The molecular weight excluding hydrogens is 350 g/mol. The van der Waals surface area contributed by atoms with Crippen molar-refractivity contribution < 1.29 is 9.90 Å². The van der Waals surface area contributed by atoms with Gasteiger partial charge in [0.15, 0.2) is 0 Å². The van der Waals surface area contributed by atoms with E-state index in [2.05, 4.69) is 40.2 Å². The second-order valence-electron chi connectivity index (χ2n) is 7.85. The van der Waals surface area contributed by atoms with Gasteiger partial charge >= 0.3 is 0 Å². The van der Waals surface area contributed by atoms with E-state index in [1.54, 1.807) is 6.20 Å². The van der Waals surface area contributed by atoms with Crippen LogP contribution in [-0.2, 0) is 4.79 Å². The Hall–Kier alpha value is -2.24. The van der Waals surface area contributed by atoms with Gasteiger partial charge in [-0.25, -0.2) is 0 Å². The van der Waals surface area contributed by atoms with Crippen LogP contribution in [0, 0.1) is 0 Å². The topological polar surface area (TPSA) is 56.7 Å². The molecule has 2 aromatic rings. The minimum absolute atomic E-state index is 0.144. The Morgan fingerprint density at radius 3 is 2.61 bits per heavy atom. The largest absolute Gasteiger partial charge is 0.395 e. The van der Waals surface area contributed by atoms with Crippen molar-refractivity contribution in [2.24, 2.45) is 0 Å². The first-order valence-electron chi connectivity index (χ1n) is 10.4. The van der Waals surface area contributed by atoms with Gasteiger partial charge in [0.25, 0.3) is 0 Å². The molecule has 1 aromatic carbocycles. The lowest BCUT2D eigenvalue weighted by Gasteiger charge is -2.57. The lowest BCUT2D eigenvalue weighted by atomic mass is 9.74. The van der Waals surface area contributed by atoms with Crippen molar-refractivity contribution in [1.29, 1.82) is 0 Å². The Morgan fingerprint density at radius 2 is 1.93 bits per heavy atom. The molecule has 0 spiro atoms. The summed E-state index contributed by atoms with van der Waals surface area (Å²) in [7, 11) is 0. The highest BCUT2D eigenvalue weighted by atomic mass is 16.3. The zero-order valence-corrected chi connectivity index (χ0v) is 16.5. The summed E-state index contributed by atoms with van der Waals surface area (Å²) < 4.78 is 0. The van der Waals surface area contributed by atoms with E-state index in [-0.39, 0.29) is 30.5 Å². The van der Waals surface area contributed by atoms with Crippen LogP contribution in [0.2, 0.25) is 0 Å². The maximum absolute atomic E-state index is 12.4. The molecule has 0 aliphatic carbocycles. The van der Waals surface area contributed by atoms with Crippen molar-refractivity contribution in [3.05, 3.63) is 54.4 Å². The Kier molecular flexibility index (Phi) is 5.74. The second-order valence-corrected chi connectivity index (χ2v) is 7.85. The molecular formula is C23H29N3O2. The normalized spacial score (nSPS) is 25.4. The predicted octanol–water partition coefficient (Wildman–Crippen LogP) is 2.91. The summed E-state index contributed by atoms with van der Waals surface area (Å²) in [5, 5.41) is 10.0. The van der Waals surface area contributed by atoms with Crippen molar-refractivity contribution in [3.63, 3.8) is 0 Å². The van der Waals surface area contributed by atoms with Crippen LogP contribution in [0.3, 0.4) is 0 Å². The summed E-state index contributed by atoms with van der Waals surface area (Å²) in [4.78, 5) is 21.0. The Morgan fingerprint density at radius 1 is 1.14 bits per heavy atom. The molecule has 28 heavy (non-hydrogen) atoms. The van der Waals surface area contributed by atoms with E-state index in [1.807, 2.05) is 24.1 Å². The number of aromatic nitrogens is 1. The van der Waals surface area contributed by atoms with Crippen molar-refractivity contribution in [1.82, 2.24) is 14.8 Å². The number of rotatable bonds is 4. The molecule has 5 heteroatoms. The molecule has 0 saturated carbocycles. The molecule has 2 fully saturated rings. The van der Waals surface area contributed by atoms with E-state index < -0.39 is 0 Å². The smallest absolute Gasteiger partial charge is 0.222 e. The van der Waals surface area contributed by atoms with Crippen molar-refractivity contribution >= 4 is 5.91 Å². The third-order valence-electron chi connectivity index (χ3n) is 6.32. The number of pyridine rings is 1. The maximum Gasteiger partial charge on any atom is 0.222 e. The van der Waals surface area contributed by atoms with Gasteiger partial charge in [-0.3, -0.25) is 14.7 Å². The fourth-order valence-electron chi connectivity index (χ4n) is 4.82. The summed E-state index contributed by atoms with van der Waals surface area (Å²) in [5.41, 5.74) is 3.50. The van der Waals surface area contributed by atoms with Crippen molar-refractivity contribution in [2.45, 2.75) is 44.2 Å². The van der Waals surface area contributed by atoms with Crippen LogP contribution < -0.4 is 0 Å². The molecule has 5 nitrogen and oxygen atoms in total. The zero-order chi connectivity index (χ0) is 19.5. The Balaban J connectivity index is 1.57. The van der Waals surface area contributed by atoms with Gasteiger partial charge < -0.3 is 10.0 Å². The van der Waals surface area contributed by atoms with Gasteiger partial charge in [-0.2, -0.15) is 0 Å².